The highest BCUT2D eigenvalue weighted by Crippen LogP contribution is 2.34. The molecule has 8 nitrogen and oxygen atoms in total. The average molecular weight is 538 g/mol. The Morgan fingerprint density at radius 1 is 1.03 bits per heavy atom. The minimum atomic E-state index is -0.522. The van der Waals surface area contributed by atoms with E-state index in [2.05, 4.69) is 50.2 Å². The summed E-state index contributed by atoms with van der Waals surface area (Å²) < 4.78 is 30.6. The Labute approximate surface area is 229 Å². The number of nitrogens with zero attached hydrogens (tertiary/aromatic N) is 5. The smallest absolute Gasteiger partial charge is 0.240 e. The van der Waals surface area contributed by atoms with Gasteiger partial charge in [0.2, 0.25) is 5.91 Å². The van der Waals surface area contributed by atoms with Gasteiger partial charge in [0.25, 0.3) is 0 Å². The Balaban J connectivity index is 1.25. The molecule has 3 aliphatic heterocycles. The highest BCUT2D eigenvalue weighted by molar-refractivity contribution is 5.84. The lowest BCUT2D eigenvalue weighted by atomic mass is 9.82. The Morgan fingerprint density at radius 3 is 2.49 bits per heavy atom. The van der Waals surface area contributed by atoms with Gasteiger partial charge in [0.1, 0.15) is 29.6 Å². The number of nitrogens with one attached hydrogen (secondary N) is 2. The Kier molecular flexibility index (Phi) is 7.63. The summed E-state index contributed by atoms with van der Waals surface area (Å²) in [5.74, 6) is 2.86. The van der Waals surface area contributed by atoms with Crippen LogP contribution in [0.4, 0.5) is 26.1 Å². The molecule has 0 aliphatic carbocycles. The second-order valence-electron chi connectivity index (χ2n) is 11.8. The van der Waals surface area contributed by atoms with Gasteiger partial charge in [0.15, 0.2) is 0 Å². The highest BCUT2D eigenvalue weighted by atomic mass is 19.1. The number of amides is 1. The van der Waals surface area contributed by atoms with Crippen molar-refractivity contribution in [3.05, 3.63) is 41.7 Å². The fourth-order valence-electron chi connectivity index (χ4n) is 5.84. The lowest BCUT2D eigenvalue weighted by Gasteiger charge is -2.48. The number of benzene rings is 1. The topological polar surface area (TPSA) is 76.6 Å². The highest BCUT2D eigenvalue weighted by Gasteiger charge is 2.42. The summed E-state index contributed by atoms with van der Waals surface area (Å²) in [5.41, 5.74) is 0.280. The Morgan fingerprint density at radius 2 is 1.77 bits per heavy atom. The number of carbonyl (C=O) groups is 1. The largest absolute Gasteiger partial charge is 0.359 e. The quantitative estimate of drug-likeness (QED) is 0.547. The van der Waals surface area contributed by atoms with Gasteiger partial charge in [0.05, 0.1) is 24.3 Å². The molecule has 2 N–H and O–H groups in total. The number of rotatable bonds is 6. The number of halogens is 2. The molecular weight excluding hydrogens is 500 g/mol. The molecule has 2 aromatic rings. The van der Waals surface area contributed by atoms with Gasteiger partial charge >= 0.3 is 0 Å². The molecule has 208 valence electrons. The first-order valence-electron chi connectivity index (χ1n) is 13.7. The number of hydrogen-bond acceptors (Lipinski definition) is 7. The molecule has 1 aromatic heterocycles. The third-order valence-electron chi connectivity index (χ3n) is 8.36. The molecule has 10 heteroatoms. The molecule has 0 atom stereocenters. The number of aromatic nitrogens is 2. The summed E-state index contributed by atoms with van der Waals surface area (Å²) in [5, 5.41) is 6.21. The number of hydrogen-bond donors (Lipinski definition) is 2. The molecule has 1 amide bonds. The van der Waals surface area contributed by atoms with E-state index >= 15 is 8.78 Å². The Hall–Kier alpha value is -3.45. The third-order valence-corrected chi connectivity index (χ3v) is 8.36. The van der Waals surface area contributed by atoms with E-state index in [0.29, 0.717) is 62.4 Å². The zero-order chi connectivity index (χ0) is 27.6. The van der Waals surface area contributed by atoms with Crippen LogP contribution in [0.5, 0.6) is 0 Å². The standard InChI is InChI=1S/C29H37F2N7O/c1-4-9-32-25-16-26(34-20-33-25)37-12-7-29(8-13-37)19-38(18-27(39)35-29)24-15-22(30)21(14-23(24)31)17-36-10-5-28(2,3)6-11-36/h1,14-16,20H,5-13,17-19H2,2-3H3,(H,35,39)(H,32,33,34). The van der Waals surface area contributed by atoms with Gasteiger partial charge in [0, 0.05) is 43.9 Å². The van der Waals surface area contributed by atoms with Crippen LogP contribution < -0.4 is 20.4 Å². The minimum Gasteiger partial charge on any atom is -0.359 e. The predicted octanol–water partition coefficient (Wildman–Crippen LogP) is 3.40. The maximum atomic E-state index is 15.4. The molecule has 0 bridgehead atoms. The molecule has 3 saturated heterocycles. The Bertz CT molecular complexity index is 1240. The van der Waals surface area contributed by atoms with Gasteiger partial charge in [-0.05, 0) is 50.3 Å². The lowest BCUT2D eigenvalue weighted by Crippen LogP contribution is -2.66. The third kappa shape index (κ3) is 6.25. The van der Waals surface area contributed by atoms with Crippen molar-refractivity contribution >= 4 is 23.2 Å². The molecule has 1 spiro atoms. The van der Waals surface area contributed by atoms with Crippen LogP contribution in [0.15, 0.2) is 24.5 Å². The van der Waals surface area contributed by atoms with Gasteiger partial charge < -0.3 is 20.4 Å². The van der Waals surface area contributed by atoms with Crippen molar-refractivity contribution in [3.63, 3.8) is 0 Å². The van der Waals surface area contributed by atoms with E-state index in [1.807, 2.05) is 6.07 Å². The van der Waals surface area contributed by atoms with Crippen LogP contribution in [0.3, 0.4) is 0 Å². The molecule has 4 heterocycles. The van der Waals surface area contributed by atoms with E-state index in [4.69, 9.17) is 6.42 Å². The number of anilines is 3. The summed E-state index contributed by atoms with van der Waals surface area (Å²) in [6.07, 6.45) is 10.2. The van der Waals surface area contributed by atoms with Crippen LogP contribution in [-0.2, 0) is 11.3 Å². The van der Waals surface area contributed by atoms with Crippen LogP contribution in [0, 0.1) is 29.4 Å². The fourth-order valence-corrected chi connectivity index (χ4v) is 5.84. The second-order valence-corrected chi connectivity index (χ2v) is 11.8. The molecule has 5 rings (SSSR count). The fraction of sp³-hybridized carbons (Fsp3) is 0.552. The van der Waals surface area contributed by atoms with Crippen molar-refractivity contribution in [1.82, 2.24) is 20.2 Å². The van der Waals surface area contributed by atoms with Gasteiger partial charge in [-0.2, -0.15) is 0 Å². The first-order chi connectivity index (χ1) is 18.7. The van der Waals surface area contributed by atoms with Crippen LogP contribution >= 0.6 is 0 Å². The molecule has 1 aromatic carbocycles. The average Bonchev–Trinajstić information content (AvgIpc) is 2.90. The van der Waals surface area contributed by atoms with Crippen molar-refractivity contribution in [2.45, 2.75) is 51.6 Å². The van der Waals surface area contributed by atoms with Crippen molar-refractivity contribution in [1.29, 1.82) is 0 Å². The number of terminal acetylenes is 1. The number of carbonyl (C=O) groups excluding carboxylic acids is 1. The summed E-state index contributed by atoms with van der Waals surface area (Å²) in [6.45, 7) is 8.73. The number of piperidine rings is 2. The van der Waals surface area contributed by atoms with E-state index in [0.717, 1.165) is 31.7 Å². The minimum absolute atomic E-state index is 0.00149. The lowest BCUT2D eigenvalue weighted by molar-refractivity contribution is -0.123. The van der Waals surface area contributed by atoms with Crippen molar-refractivity contribution in [3.8, 4) is 12.3 Å². The summed E-state index contributed by atoms with van der Waals surface area (Å²) in [4.78, 5) is 27.4. The zero-order valence-electron chi connectivity index (χ0n) is 22.8. The van der Waals surface area contributed by atoms with Gasteiger partial charge in [-0.3, -0.25) is 9.69 Å². The van der Waals surface area contributed by atoms with E-state index in [1.54, 1.807) is 4.90 Å². The van der Waals surface area contributed by atoms with Crippen LogP contribution in [0.1, 0.15) is 45.1 Å². The predicted molar refractivity (Wildman–Crippen MR) is 149 cm³/mol. The van der Waals surface area contributed by atoms with Crippen LogP contribution in [-0.4, -0.2) is 72.1 Å². The summed E-state index contributed by atoms with van der Waals surface area (Å²) in [6, 6.07) is 4.43. The first kappa shape index (κ1) is 27.1. The second kappa shape index (κ2) is 11.0. The molecule has 3 aliphatic rings. The van der Waals surface area contributed by atoms with Gasteiger partial charge in [-0.1, -0.05) is 19.8 Å². The van der Waals surface area contributed by atoms with E-state index in [-0.39, 0.29) is 18.1 Å². The van der Waals surface area contributed by atoms with Crippen molar-refractivity contribution < 1.29 is 13.6 Å². The maximum Gasteiger partial charge on any atom is 0.240 e. The molecule has 0 unspecified atom stereocenters. The SMILES string of the molecule is C#CCNc1cc(N2CCC3(CC2)CN(c2cc(F)c(CN4CCC(C)(C)CC4)cc2F)CC(=O)N3)ncn1. The van der Waals surface area contributed by atoms with E-state index in [9.17, 15) is 4.79 Å². The van der Waals surface area contributed by atoms with Crippen LogP contribution in [0.2, 0.25) is 0 Å². The van der Waals surface area contributed by atoms with E-state index in [1.165, 1.54) is 18.5 Å². The summed E-state index contributed by atoms with van der Waals surface area (Å²) >= 11 is 0. The van der Waals surface area contributed by atoms with Crippen LogP contribution in [0.25, 0.3) is 0 Å². The molecule has 3 fully saturated rings. The molecule has 0 radical (unpaired) electrons. The number of piperazine rings is 1. The summed E-state index contributed by atoms with van der Waals surface area (Å²) in [7, 11) is 0. The maximum absolute atomic E-state index is 15.4. The van der Waals surface area contributed by atoms with Gasteiger partial charge in [-0.25, -0.2) is 18.7 Å². The normalized spacial score (nSPS) is 20.9. The molecule has 0 saturated carbocycles. The molecular formula is C29H37F2N7O. The van der Waals surface area contributed by atoms with Crippen molar-refractivity contribution in [2.75, 3.05) is 60.9 Å². The van der Waals surface area contributed by atoms with Gasteiger partial charge in [-0.15, -0.1) is 6.42 Å². The van der Waals surface area contributed by atoms with Crippen molar-refractivity contribution in [2.24, 2.45) is 5.41 Å². The monoisotopic (exact) mass is 537 g/mol. The molecule has 39 heavy (non-hydrogen) atoms. The first-order valence-corrected chi connectivity index (χ1v) is 13.7. The van der Waals surface area contributed by atoms with E-state index < -0.39 is 17.2 Å². The number of likely N-dealkylation sites (tertiary alicyclic amines) is 1. The zero-order valence-corrected chi connectivity index (χ0v) is 22.8.